The van der Waals surface area contributed by atoms with Crippen molar-refractivity contribution < 1.29 is 28.6 Å². The molecule has 64 heavy (non-hydrogen) atoms. The van der Waals surface area contributed by atoms with Crippen LogP contribution in [0.1, 0.15) is 284 Å². The SMILES string of the molecule is CCCCC/C=C\C=C/CCCCCCCCCCCCC(=O)OCC(COC(=O)CCCCCCCCCCC)OC(=O)CCCCCCC/C=C\C=C/CCCCCCCCC. The van der Waals surface area contributed by atoms with Crippen molar-refractivity contribution in [1.82, 2.24) is 0 Å². The number of esters is 3. The van der Waals surface area contributed by atoms with Crippen LogP contribution in [-0.2, 0) is 28.6 Å². The van der Waals surface area contributed by atoms with Gasteiger partial charge in [-0.2, -0.15) is 0 Å². The average Bonchev–Trinajstić information content (AvgIpc) is 3.29. The second-order valence-electron chi connectivity index (χ2n) is 18.6. The first-order chi connectivity index (χ1) is 31.5. The van der Waals surface area contributed by atoms with Gasteiger partial charge in [-0.05, 0) is 70.6 Å². The van der Waals surface area contributed by atoms with Crippen molar-refractivity contribution in [1.29, 1.82) is 0 Å². The first kappa shape index (κ1) is 61.4. The topological polar surface area (TPSA) is 78.9 Å². The predicted octanol–water partition coefficient (Wildman–Crippen LogP) is 18.3. The molecule has 0 heterocycles. The van der Waals surface area contributed by atoms with E-state index in [4.69, 9.17) is 14.2 Å². The third-order valence-electron chi connectivity index (χ3n) is 12.1. The Kier molecular flexibility index (Phi) is 50.8. The zero-order valence-electron chi connectivity index (χ0n) is 42.6. The van der Waals surface area contributed by atoms with Crippen LogP contribution in [0.2, 0.25) is 0 Å². The zero-order chi connectivity index (χ0) is 46.5. The lowest BCUT2D eigenvalue weighted by Gasteiger charge is -2.18. The van der Waals surface area contributed by atoms with E-state index in [-0.39, 0.29) is 31.1 Å². The largest absolute Gasteiger partial charge is 0.462 e. The Labute approximate surface area is 397 Å². The monoisotopic (exact) mass is 897 g/mol. The van der Waals surface area contributed by atoms with E-state index in [0.29, 0.717) is 19.3 Å². The van der Waals surface area contributed by atoms with Crippen LogP contribution in [0.15, 0.2) is 48.6 Å². The number of allylic oxidation sites excluding steroid dienone is 8. The molecule has 0 aromatic rings. The average molecular weight is 897 g/mol. The predicted molar refractivity (Wildman–Crippen MR) is 275 cm³/mol. The normalized spacial score (nSPS) is 12.4. The Morgan fingerprint density at radius 2 is 0.547 bits per heavy atom. The molecule has 1 atom stereocenters. The van der Waals surface area contributed by atoms with E-state index >= 15 is 0 Å². The van der Waals surface area contributed by atoms with Crippen molar-refractivity contribution in [2.24, 2.45) is 0 Å². The second-order valence-corrected chi connectivity index (χ2v) is 18.6. The molecule has 0 aromatic heterocycles. The summed E-state index contributed by atoms with van der Waals surface area (Å²) >= 11 is 0. The van der Waals surface area contributed by atoms with Crippen molar-refractivity contribution in [2.75, 3.05) is 13.2 Å². The minimum Gasteiger partial charge on any atom is -0.462 e. The van der Waals surface area contributed by atoms with Crippen LogP contribution in [0.3, 0.4) is 0 Å². The minimum absolute atomic E-state index is 0.0784. The van der Waals surface area contributed by atoms with Crippen molar-refractivity contribution in [3.05, 3.63) is 48.6 Å². The molecule has 0 N–H and O–H groups in total. The molecule has 0 radical (unpaired) electrons. The van der Waals surface area contributed by atoms with Gasteiger partial charge in [-0.25, -0.2) is 0 Å². The maximum absolute atomic E-state index is 12.8. The number of carbonyl (C=O) groups is 3. The highest BCUT2D eigenvalue weighted by Crippen LogP contribution is 2.15. The van der Waals surface area contributed by atoms with Gasteiger partial charge >= 0.3 is 17.9 Å². The van der Waals surface area contributed by atoms with Crippen molar-refractivity contribution in [3.8, 4) is 0 Å². The molecular weight excluding hydrogens is 793 g/mol. The number of rotatable bonds is 50. The molecule has 0 aliphatic rings. The summed E-state index contributed by atoms with van der Waals surface area (Å²) in [4.78, 5) is 38.0. The zero-order valence-corrected chi connectivity index (χ0v) is 42.6. The molecule has 0 spiro atoms. The molecule has 0 aliphatic heterocycles. The summed E-state index contributed by atoms with van der Waals surface area (Å²) in [6, 6.07) is 0. The highest BCUT2D eigenvalue weighted by molar-refractivity contribution is 5.71. The van der Waals surface area contributed by atoms with Gasteiger partial charge in [0.2, 0.25) is 0 Å². The van der Waals surface area contributed by atoms with Crippen molar-refractivity contribution >= 4 is 17.9 Å². The minimum atomic E-state index is -0.779. The lowest BCUT2D eigenvalue weighted by Crippen LogP contribution is -2.30. The molecule has 0 aliphatic carbocycles. The fraction of sp³-hybridized carbons (Fsp3) is 0.810. The molecule has 1 unspecified atom stereocenters. The number of unbranched alkanes of at least 4 members (excludes halogenated alkanes) is 33. The summed E-state index contributed by atoms with van der Waals surface area (Å²) in [7, 11) is 0. The fourth-order valence-electron chi connectivity index (χ4n) is 7.90. The summed E-state index contributed by atoms with van der Waals surface area (Å²) in [5, 5.41) is 0. The van der Waals surface area contributed by atoms with Gasteiger partial charge in [0.1, 0.15) is 13.2 Å². The Hall–Kier alpha value is -2.63. The van der Waals surface area contributed by atoms with Crippen LogP contribution >= 0.6 is 0 Å². The Balaban J connectivity index is 4.31. The van der Waals surface area contributed by atoms with Gasteiger partial charge in [-0.3, -0.25) is 14.4 Å². The molecule has 0 amide bonds. The van der Waals surface area contributed by atoms with E-state index in [0.717, 1.165) is 77.0 Å². The summed E-state index contributed by atoms with van der Waals surface area (Å²) < 4.78 is 16.8. The van der Waals surface area contributed by atoms with Gasteiger partial charge in [0.15, 0.2) is 6.10 Å². The highest BCUT2D eigenvalue weighted by atomic mass is 16.6. The number of carbonyl (C=O) groups excluding carboxylic acids is 3. The van der Waals surface area contributed by atoms with E-state index in [2.05, 4.69) is 69.4 Å². The van der Waals surface area contributed by atoms with Crippen LogP contribution in [0, 0.1) is 0 Å². The lowest BCUT2D eigenvalue weighted by atomic mass is 10.1. The highest BCUT2D eigenvalue weighted by Gasteiger charge is 2.19. The number of ether oxygens (including phenoxy) is 3. The fourth-order valence-corrected chi connectivity index (χ4v) is 7.90. The first-order valence-electron chi connectivity index (χ1n) is 27.7. The van der Waals surface area contributed by atoms with Crippen LogP contribution in [0.4, 0.5) is 0 Å². The quantitative estimate of drug-likeness (QED) is 0.0262. The standard InChI is InChI=1S/C58H104O6/c1-4-7-10-13-16-19-21-23-25-27-29-31-32-34-36-39-42-45-48-51-57(60)63-54-55(53-62-56(59)50-47-44-41-38-18-15-12-9-6-3)64-58(61)52-49-46-43-40-37-35-33-30-28-26-24-22-20-17-14-11-8-5-2/h16,19,21,23,26,28,30,33,55H,4-15,17-18,20,22,24-25,27,29,31-32,34-54H2,1-3H3/b19-16-,23-21-,28-26-,33-30-. The molecule has 0 rings (SSSR count). The van der Waals surface area contributed by atoms with Crippen LogP contribution in [0.25, 0.3) is 0 Å². The molecule has 0 fully saturated rings. The summed E-state index contributed by atoms with van der Waals surface area (Å²) in [5.41, 5.74) is 0. The van der Waals surface area contributed by atoms with Crippen LogP contribution in [-0.4, -0.2) is 37.2 Å². The summed E-state index contributed by atoms with van der Waals surface area (Å²) in [6.07, 6.45) is 63.9. The third kappa shape index (κ3) is 50.4. The van der Waals surface area contributed by atoms with E-state index in [1.54, 1.807) is 0 Å². The molecule has 0 saturated carbocycles. The maximum Gasteiger partial charge on any atom is 0.306 e. The molecule has 0 aromatic carbocycles. The lowest BCUT2D eigenvalue weighted by molar-refractivity contribution is -0.167. The molecule has 372 valence electrons. The Morgan fingerprint density at radius 3 is 0.859 bits per heavy atom. The molecule has 6 heteroatoms. The van der Waals surface area contributed by atoms with Gasteiger partial charge in [0.25, 0.3) is 0 Å². The van der Waals surface area contributed by atoms with E-state index in [1.807, 2.05) is 0 Å². The van der Waals surface area contributed by atoms with E-state index in [9.17, 15) is 14.4 Å². The van der Waals surface area contributed by atoms with Crippen molar-refractivity contribution in [3.63, 3.8) is 0 Å². The molecule has 0 saturated heterocycles. The second kappa shape index (κ2) is 53.0. The maximum atomic E-state index is 12.8. The number of hydrogen-bond acceptors (Lipinski definition) is 6. The number of hydrogen-bond donors (Lipinski definition) is 0. The third-order valence-corrected chi connectivity index (χ3v) is 12.1. The molecular formula is C58H104O6. The molecule has 6 nitrogen and oxygen atoms in total. The van der Waals surface area contributed by atoms with Crippen LogP contribution < -0.4 is 0 Å². The van der Waals surface area contributed by atoms with Crippen LogP contribution in [0.5, 0.6) is 0 Å². The molecule has 0 bridgehead atoms. The Bertz CT molecular complexity index is 1120. The van der Waals surface area contributed by atoms with Gasteiger partial charge in [0, 0.05) is 19.3 Å². The Morgan fingerprint density at radius 1 is 0.312 bits per heavy atom. The van der Waals surface area contributed by atoms with Gasteiger partial charge in [0.05, 0.1) is 0 Å². The smallest absolute Gasteiger partial charge is 0.306 e. The van der Waals surface area contributed by atoms with Gasteiger partial charge < -0.3 is 14.2 Å². The van der Waals surface area contributed by atoms with Gasteiger partial charge in [-0.15, -0.1) is 0 Å². The van der Waals surface area contributed by atoms with Gasteiger partial charge in [-0.1, -0.05) is 243 Å². The summed E-state index contributed by atoms with van der Waals surface area (Å²) in [5.74, 6) is -0.890. The first-order valence-corrected chi connectivity index (χ1v) is 27.7. The van der Waals surface area contributed by atoms with E-state index < -0.39 is 6.10 Å². The van der Waals surface area contributed by atoms with Crippen molar-refractivity contribution in [2.45, 2.75) is 290 Å². The summed E-state index contributed by atoms with van der Waals surface area (Å²) in [6.45, 7) is 6.59. The van der Waals surface area contributed by atoms with E-state index in [1.165, 1.54) is 167 Å².